The molecule has 0 atom stereocenters. The maximum Gasteiger partial charge on any atom is 0.167 e. The van der Waals surface area contributed by atoms with E-state index in [0.717, 1.165) is 60.9 Å². The maximum absolute atomic E-state index is 6.63. The maximum atomic E-state index is 6.63. The third-order valence-electron chi connectivity index (χ3n) is 14.2. The van der Waals surface area contributed by atoms with Crippen LogP contribution in [0.1, 0.15) is 22.3 Å². The standard InChI is InChI=1S/C64H39N3O/c1-3-16-40(17-4-1)45-36-37-58-53(39-45)50-26-14-27-52(60(50)68-58)63-66-61(43-18-5-2-6-19-43)65-62(67-63)46-21-13-20-44(38-46)41-32-34-42(35-33-41)47-25-15-31-57-59(47)51-24-9-12-30-56(51)64(57)54-28-10-7-22-48(54)49-23-8-11-29-55(49)64/h1-39H. The highest BCUT2D eigenvalue weighted by Crippen LogP contribution is 2.64. The van der Waals surface area contributed by atoms with Crippen LogP contribution in [0.25, 0.3) is 112 Å². The third kappa shape index (κ3) is 5.71. The van der Waals surface area contributed by atoms with E-state index in [1.807, 2.05) is 42.5 Å². The first kappa shape index (κ1) is 38.3. The Hall–Kier alpha value is -8.99. The van der Waals surface area contributed by atoms with Crippen molar-refractivity contribution in [3.8, 4) is 89.8 Å². The van der Waals surface area contributed by atoms with Crippen molar-refractivity contribution in [2.75, 3.05) is 0 Å². The van der Waals surface area contributed by atoms with Crippen molar-refractivity contribution in [3.05, 3.63) is 259 Å². The van der Waals surface area contributed by atoms with Gasteiger partial charge in [0.25, 0.3) is 0 Å². The highest BCUT2D eigenvalue weighted by atomic mass is 16.3. The number of benzene rings is 10. The van der Waals surface area contributed by atoms with Crippen LogP contribution in [0.15, 0.2) is 241 Å². The van der Waals surface area contributed by atoms with Crippen molar-refractivity contribution in [3.63, 3.8) is 0 Å². The van der Waals surface area contributed by atoms with Crippen LogP contribution < -0.4 is 0 Å². The molecule has 0 N–H and O–H groups in total. The van der Waals surface area contributed by atoms with E-state index in [-0.39, 0.29) is 5.41 Å². The summed E-state index contributed by atoms with van der Waals surface area (Å²) in [6.07, 6.45) is 0. The minimum absolute atomic E-state index is 0.379. The third-order valence-corrected chi connectivity index (χ3v) is 14.2. The predicted octanol–water partition coefficient (Wildman–Crippen LogP) is 16.1. The minimum atomic E-state index is -0.379. The number of nitrogens with zero attached hydrogens (tertiary/aromatic N) is 3. The monoisotopic (exact) mass is 865 g/mol. The van der Waals surface area contributed by atoms with Crippen LogP contribution in [0.4, 0.5) is 0 Å². The van der Waals surface area contributed by atoms with Crippen molar-refractivity contribution in [1.29, 1.82) is 0 Å². The number of para-hydroxylation sites is 1. The Morgan fingerprint density at radius 1 is 0.279 bits per heavy atom. The van der Waals surface area contributed by atoms with Crippen molar-refractivity contribution < 1.29 is 4.42 Å². The van der Waals surface area contributed by atoms with Gasteiger partial charge in [0.05, 0.1) is 11.0 Å². The Morgan fingerprint density at radius 3 is 1.49 bits per heavy atom. The van der Waals surface area contributed by atoms with Crippen molar-refractivity contribution in [1.82, 2.24) is 15.0 Å². The van der Waals surface area contributed by atoms with Crippen molar-refractivity contribution in [2.24, 2.45) is 0 Å². The molecule has 2 aromatic heterocycles. The number of hydrogen-bond donors (Lipinski definition) is 0. The molecule has 0 unspecified atom stereocenters. The smallest absolute Gasteiger partial charge is 0.167 e. The van der Waals surface area contributed by atoms with Crippen LogP contribution in [-0.2, 0) is 5.41 Å². The zero-order valence-electron chi connectivity index (χ0n) is 36.8. The van der Waals surface area contributed by atoms with Gasteiger partial charge in [-0.25, -0.2) is 15.0 Å². The molecular formula is C64H39N3O. The lowest BCUT2D eigenvalue weighted by molar-refractivity contribution is 0.669. The number of fused-ring (bicyclic) bond motifs is 13. The van der Waals surface area contributed by atoms with Gasteiger partial charge in [-0.3, -0.25) is 0 Å². The van der Waals surface area contributed by atoms with Gasteiger partial charge in [-0.2, -0.15) is 0 Å². The van der Waals surface area contributed by atoms with E-state index in [1.165, 1.54) is 55.6 Å². The second-order valence-corrected chi connectivity index (χ2v) is 17.8. The molecule has 12 aromatic rings. The fourth-order valence-corrected chi connectivity index (χ4v) is 11.2. The minimum Gasteiger partial charge on any atom is -0.455 e. The molecule has 0 saturated heterocycles. The molecule has 2 heterocycles. The average Bonchev–Trinajstić information content (AvgIpc) is 4.05. The molecular weight excluding hydrogens is 827 g/mol. The van der Waals surface area contributed by atoms with Gasteiger partial charge in [0, 0.05) is 21.9 Å². The first-order valence-corrected chi connectivity index (χ1v) is 23.2. The molecule has 0 bridgehead atoms. The van der Waals surface area contributed by atoms with E-state index in [2.05, 4.69) is 194 Å². The van der Waals surface area contributed by atoms with E-state index in [4.69, 9.17) is 19.4 Å². The highest BCUT2D eigenvalue weighted by Gasteiger charge is 2.51. The predicted molar refractivity (Wildman–Crippen MR) is 276 cm³/mol. The summed E-state index contributed by atoms with van der Waals surface area (Å²) >= 11 is 0. The van der Waals surface area contributed by atoms with Gasteiger partial charge < -0.3 is 4.42 Å². The molecule has 68 heavy (non-hydrogen) atoms. The summed E-state index contributed by atoms with van der Waals surface area (Å²) in [5, 5.41) is 2.07. The summed E-state index contributed by atoms with van der Waals surface area (Å²) in [6.45, 7) is 0. The number of aromatic nitrogens is 3. The van der Waals surface area contributed by atoms with E-state index in [9.17, 15) is 0 Å². The normalized spacial score (nSPS) is 12.8. The second-order valence-electron chi connectivity index (χ2n) is 17.8. The second kappa shape index (κ2) is 15.0. The van der Waals surface area contributed by atoms with E-state index >= 15 is 0 Å². The van der Waals surface area contributed by atoms with Crippen LogP contribution in [0, 0.1) is 0 Å². The molecule has 10 aromatic carbocycles. The Labute approximate surface area is 393 Å². The summed E-state index contributed by atoms with van der Waals surface area (Å²) in [7, 11) is 0. The molecule has 0 aliphatic heterocycles. The largest absolute Gasteiger partial charge is 0.455 e. The molecule has 2 aliphatic rings. The first-order valence-electron chi connectivity index (χ1n) is 23.2. The number of hydrogen-bond acceptors (Lipinski definition) is 4. The lowest BCUT2D eigenvalue weighted by Gasteiger charge is -2.30. The van der Waals surface area contributed by atoms with Gasteiger partial charge in [-0.15, -0.1) is 0 Å². The van der Waals surface area contributed by atoms with Gasteiger partial charge in [0.2, 0.25) is 0 Å². The summed E-state index contributed by atoms with van der Waals surface area (Å²) in [5.74, 6) is 1.75. The quantitative estimate of drug-likeness (QED) is 0.167. The molecule has 0 amide bonds. The van der Waals surface area contributed by atoms with Crippen LogP contribution in [0.3, 0.4) is 0 Å². The van der Waals surface area contributed by atoms with E-state index in [0.29, 0.717) is 17.5 Å². The summed E-state index contributed by atoms with van der Waals surface area (Å²) in [5.41, 5.74) is 21.3. The first-order chi connectivity index (χ1) is 33.7. The SMILES string of the molecule is c1ccc(-c2ccc3oc4c(-c5nc(-c6ccccc6)nc(-c6cccc(-c7ccc(-c8cccc9c8-c8ccccc8C98c9ccccc9-c9ccccc98)cc7)c6)n5)cccc4c3c2)cc1. The van der Waals surface area contributed by atoms with Gasteiger partial charge >= 0.3 is 0 Å². The topological polar surface area (TPSA) is 51.8 Å². The lowest BCUT2D eigenvalue weighted by Crippen LogP contribution is -2.25. The fourth-order valence-electron chi connectivity index (χ4n) is 11.2. The number of furan rings is 1. The molecule has 316 valence electrons. The highest BCUT2D eigenvalue weighted by molar-refractivity contribution is 6.10. The molecule has 1 spiro atoms. The van der Waals surface area contributed by atoms with Crippen LogP contribution in [0.2, 0.25) is 0 Å². The van der Waals surface area contributed by atoms with Gasteiger partial charge in [0.15, 0.2) is 17.5 Å². The average molecular weight is 866 g/mol. The molecule has 4 heteroatoms. The Bertz CT molecular complexity index is 3920. The molecule has 0 saturated carbocycles. The molecule has 14 rings (SSSR count). The van der Waals surface area contributed by atoms with Crippen LogP contribution in [0.5, 0.6) is 0 Å². The molecule has 2 aliphatic carbocycles. The Morgan fingerprint density at radius 2 is 0.750 bits per heavy atom. The summed E-state index contributed by atoms with van der Waals surface area (Å²) in [4.78, 5) is 15.4. The lowest BCUT2D eigenvalue weighted by atomic mass is 9.70. The Balaban J connectivity index is 0.856. The number of rotatable bonds is 6. The van der Waals surface area contributed by atoms with Crippen LogP contribution >= 0.6 is 0 Å². The zero-order valence-corrected chi connectivity index (χ0v) is 36.8. The zero-order chi connectivity index (χ0) is 44.8. The van der Waals surface area contributed by atoms with Gasteiger partial charge in [0.1, 0.15) is 11.2 Å². The van der Waals surface area contributed by atoms with Gasteiger partial charge in [-0.05, 0) is 102 Å². The summed E-state index contributed by atoms with van der Waals surface area (Å²) < 4.78 is 6.63. The Kier molecular flexibility index (Phi) is 8.46. The van der Waals surface area contributed by atoms with Gasteiger partial charge in [-0.1, -0.05) is 212 Å². The van der Waals surface area contributed by atoms with Crippen LogP contribution in [-0.4, -0.2) is 15.0 Å². The van der Waals surface area contributed by atoms with E-state index < -0.39 is 0 Å². The molecule has 0 fully saturated rings. The van der Waals surface area contributed by atoms with E-state index in [1.54, 1.807) is 0 Å². The van der Waals surface area contributed by atoms with Crippen molar-refractivity contribution in [2.45, 2.75) is 5.41 Å². The molecule has 4 nitrogen and oxygen atoms in total. The fraction of sp³-hybridized carbons (Fsp3) is 0.0156. The molecule has 0 radical (unpaired) electrons. The van der Waals surface area contributed by atoms with Crippen molar-refractivity contribution >= 4 is 21.9 Å². The summed E-state index contributed by atoms with van der Waals surface area (Å²) in [6, 6.07) is 84.6.